The monoisotopic (exact) mass is 378 g/mol. The molecule has 0 radical (unpaired) electrons. The van der Waals surface area contributed by atoms with Gasteiger partial charge in [0.1, 0.15) is 13.2 Å². The zero-order valence-electron chi connectivity index (χ0n) is 14.1. The third-order valence-corrected chi connectivity index (χ3v) is 4.58. The van der Waals surface area contributed by atoms with Crippen LogP contribution in [0, 0.1) is 6.92 Å². The number of hydrogen-bond donors (Lipinski definition) is 2. The lowest BCUT2D eigenvalue weighted by Gasteiger charge is -2.18. The van der Waals surface area contributed by atoms with Gasteiger partial charge in [-0.3, -0.25) is 9.59 Å². The fraction of sp³-hybridized carbons (Fsp3) is 0.375. The Morgan fingerprint density at radius 1 is 1.31 bits per heavy atom. The van der Waals surface area contributed by atoms with E-state index in [0.717, 1.165) is 5.69 Å². The van der Waals surface area contributed by atoms with E-state index in [-0.39, 0.29) is 17.4 Å². The maximum Gasteiger partial charge on any atom is 0.313 e. The van der Waals surface area contributed by atoms with Crippen molar-refractivity contribution in [2.24, 2.45) is 0 Å². The number of ether oxygens (including phenoxy) is 2. The molecule has 2 heterocycles. The van der Waals surface area contributed by atoms with Crippen LogP contribution >= 0.6 is 11.8 Å². The van der Waals surface area contributed by atoms with Crippen molar-refractivity contribution in [2.45, 2.75) is 6.92 Å². The van der Waals surface area contributed by atoms with E-state index in [9.17, 15) is 9.59 Å². The van der Waals surface area contributed by atoms with E-state index in [1.54, 1.807) is 23.7 Å². The Bertz CT molecular complexity index is 823. The molecule has 0 saturated heterocycles. The van der Waals surface area contributed by atoms with Crippen molar-refractivity contribution in [3.05, 3.63) is 29.6 Å². The SMILES string of the molecule is Cc1c(C(=O)NCCSCC(=O)O)nnn1-c1ccc2c(c1)OCCO2. The summed E-state index contributed by atoms with van der Waals surface area (Å²) in [5, 5.41) is 19.3. The van der Waals surface area contributed by atoms with E-state index in [4.69, 9.17) is 14.6 Å². The fourth-order valence-corrected chi connectivity index (χ4v) is 2.99. The van der Waals surface area contributed by atoms with Crippen LogP contribution in [0.25, 0.3) is 5.69 Å². The molecule has 0 bridgehead atoms. The first kappa shape index (κ1) is 18.1. The molecule has 0 aliphatic carbocycles. The third kappa shape index (κ3) is 4.07. The molecular formula is C16H18N4O5S. The summed E-state index contributed by atoms with van der Waals surface area (Å²) in [5.41, 5.74) is 1.54. The fourth-order valence-electron chi connectivity index (χ4n) is 2.43. The second-order valence-corrected chi connectivity index (χ2v) is 6.57. The summed E-state index contributed by atoms with van der Waals surface area (Å²) in [7, 11) is 0. The topological polar surface area (TPSA) is 116 Å². The zero-order chi connectivity index (χ0) is 18.5. The van der Waals surface area contributed by atoms with Crippen LogP contribution in [0.5, 0.6) is 11.5 Å². The van der Waals surface area contributed by atoms with Crippen LogP contribution in [0.2, 0.25) is 0 Å². The molecule has 0 spiro atoms. The number of carboxylic acids is 1. The molecular weight excluding hydrogens is 360 g/mol. The smallest absolute Gasteiger partial charge is 0.313 e. The molecule has 1 aliphatic heterocycles. The molecule has 138 valence electrons. The van der Waals surface area contributed by atoms with E-state index < -0.39 is 5.97 Å². The summed E-state index contributed by atoms with van der Waals surface area (Å²) in [5.74, 6) is 0.601. The predicted octanol–water partition coefficient (Wildman–Crippen LogP) is 0.895. The number of carbonyl (C=O) groups is 2. The number of amides is 1. The van der Waals surface area contributed by atoms with Gasteiger partial charge in [0, 0.05) is 18.4 Å². The van der Waals surface area contributed by atoms with Crippen molar-refractivity contribution in [3.8, 4) is 17.2 Å². The predicted molar refractivity (Wildman–Crippen MR) is 94.4 cm³/mol. The van der Waals surface area contributed by atoms with Crippen LogP contribution in [0.1, 0.15) is 16.2 Å². The van der Waals surface area contributed by atoms with Crippen molar-refractivity contribution in [2.75, 3.05) is 31.3 Å². The average molecular weight is 378 g/mol. The highest BCUT2D eigenvalue weighted by molar-refractivity contribution is 7.99. The number of benzene rings is 1. The number of fused-ring (bicyclic) bond motifs is 1. The lowest BCUT2D eigenvalue weighted by Crippen LogP contribution is -2.27. The number of aromatic nitrogens is 3. The van der Waals surface area contributed by atoms with Crippen LogP contribution in [0.15, 0.2) is 18.2 Å². The molecule has 0 atom stereocenters. The highest BCUT2D eigenvalue weighted by Gasteiger charge is 2.19. The second-order valence-electron chi connectivity index (χ2n) is 5.47. The molecule has 26 heavy (non-hydrogen) atoms. The third-order valence-electron chi connectivity index (χ3n) is 3.64. The summed E-state index contributed by atoms with van der Waals surface area (Å²) in [6.07, 6.45) is 0. The van der Waals surface area contributed by atoms with E-state index in [1.165, 1.54) is 11.8 Å². The minimum Gasteiger partial charge on any atom is -0.486 e. The first-order valence-electron chi connectivity index (χ1n) is 7.96. The highest BCUT2D eigenvalue weighted by Crippen LogP contribution is 2.32. The standard InChI is InChI=1S/C16H18N4O5S/c1-10-15(16(23)17-4-7-26-9-14(21)22)18-19-20(10)11-2-3-12-13(8-11)25-6-5-24-12/h2-3,8H,4-7,9H2,1H3,(H,17,23)(H,21,22). The molecule has 10 heteroatoms. The maximum atomic E-state index is 12.2. The number of nitrogens with zero attached hydrogens (tertiary/aromatic N) is 3. The number of carbonyl (C=O) groups excluding carboxylic acids is 1. The summed E-state index contributed by atoms with van der Waals surface area (Å²) in [4.78, 5) is 22.7. The van der Waals surface area contributed by atoms with Gasteiger partial charge in [-0.2, -0.15) is 0 Å². The molecule has 1 aromatic carbocycles. The van der Waals surface area contributed by atoms with Gasteiger partial charge in [0.05, 0.1) is 17.1 Å². The molecule has 0 fully saturated rings. The minimum absolute atomic E-state index is 0.00912. The number of carboxylic acid groups (broad SMARTS) is 1. The Hall–Kier alpha value is -2.75. The van der Waals surface area contributed by atoms with Crippen molar-refractivity contribution in [3.63, 3.8) is 0 Å². The Kier molecular flexibility index (Phi) is 5.61. The normalized spacial score (nSPS) is 12.7. The summed E-state index contributed by atoms with van der Waals surface area (Å²) < 4.78 is 12.6. The molecule has 9 nitrogen and oxygen atoms in total. The van der Waals surface area contributed by atoms with Crippen molar-refractivity contribution < 1.29 is 24.2 Å². The van der Waals surface area contributed by atoms with Crippen LogP contribution in [0.3, 0.4) is 0 Å². The van der Waals surface area contributed by atoms with Gasteiger partial charge in [-0.15, -0.1) is 16.9 Å². The summed E-state index contributed by atoms with van der Waals surface area (Å²) in [6, 6.07) is 5.41. The van der Waals surface area contributed by atoms with Gasteiger partial charge >= 0.3 is 5.97 Å². The molecule has 3 rings (SSSR count). The van der Waals surface area contributed by atoms with E-state index in [0.29, 0.717) is 42.7 Å². The number of nitrogens with one attached hydrogen (secondary N) is 1. The van der Waals surface area contributed by atoms with Crippen LogP contribution in [-0.2, 0) is 4.79 Å². The maximum absolute atomic E-state index is 12.2. The average Bonchev–Trinajstić information content (AvgIpc) is 3.02. The largest absolute Gasteiger partial charge is 0.486 e. The molecule has 2 N–H and O–H groups in total. The van der Waals surface area contributed by atoms with Crippen LogP contribution in [0.4, 0.5) is 0 Å². The van der Waals surface area contributed by atoms with Crippen molar-refractivity contribution in [1.82, 2.24) is 20.3 Å². The van der Waals surface area contributed by atoms with E-state index >= 15 is 0 Å². The number of thioether (sulfide) groups is 1. The van der Waals surface area contributed by atoms with Gasteiger partial charge in [-0.25, -0.2) is 4.68 Å². The molecule has 0 saturated carbocycles. The Balaban J connectivity index is 1.66. The van der Waals surface area contributed by atoms with E-state index in [2.05, 4.69) is 15.6 Å². The van der Waals surface area contributed by atoms with Crippen molar-refractivity contribution >= 4 is 23.6 Å². The molecule has 1 aliphatic rings. The van der Waals surface area contributed by atoms with Gasteiger partial charge in [-0.1, -0.05) is 5.21 Å². The first-order chi connectivity index (χ1) is 12.6. The highest BCUT2D eigenvalue weighted by atomic mass is 32.2. The van der Waals surface area contributed by atoms with Gasteiger partial charge in [0.25, 0.3) is 5.91 Å². The molecule has 0 unspecified atom stereocenters. The molecule has 1 amide bonds. The quantitative estimate of drug-likeness (QED) is 0.683. The van der Waals surface area contributed by atoms with Crippen molar-refractivity contribution in [1.29, 1.82) is 0 Å². The number of rotatable bonds is 7. The lowest BCUT2D eigenvalue weighted by atomic mass is 10.2. The van der Waals surface area contributed by atoms with Crippen LogP contribution < -0.4 is 14.8 Å². The van der Waals surface area contributed by atoms with Gasteiger partial charge in [0.15, 0.2) is 17.2 Å². The van der Waals surface area contributed by atoms with Gasteiger partial charge in [-0.05, 0) is 19.1 Å². The lowest BCUT2D eigenvalue weighted by molar-refractivity contribution is -0.133. The Morgan fingerprint density at radius 2 is 2.08 bits per heavy atom. The molecule has 2 aromatic rings. The zero-order valence-corrected chi connectivity index (χ0v) is 14.9. The Labute approximate surface area is 153 Å². The number of hydrogen-bond acceptors (Lipinski definition) is 7. The Morgan fingerprint density at radius 3 is 2.85 bits per heavy atom. The first-order valence-corrected chi connectivity index (χ1v) is 9.12. The van der Waals surface area contributed by atoms with Crippen LogP contribution in [-0.4, -0.2) is 63.2 Å². The van der Waals surface area contributed by atoms with Gasteiger partial charge in [0.2, 0.25) is 0 Å². The van der Waals surface area contributed by atoms with E-state index in [1.807, 2.05) is 6.07 Å². The second kappa shape index (κ2) is 8.09. The summed E-state index contributed by atoms with van der Waals surface area (Å²) in [6.45, 7) is 3.11. The molecule has 1 aromatic heterocycles. The van der Waals surface area contributed by atoms with Gasteiger partial charge < -0.3 is 19.9 Å². The number of aliphatic carboxylic acids is 1. The summed E-state index contributed by atoms with van der Waals surface area (Å²) >= 11 is 1.24. The minimum atomic E-state index is -0.875.